The van der Waals surface area contributed by atoms with E-state index in [1.165, 1.54) is 0 Å². The molecule has 8 heteroatoms. The van der Waals surface area contributed by atoms with E-state index >= 15 is 0 Å². The number of alkyl halides is 4. The summed E-state index contributed by atoms with van der Waals surface area (Å²) in [5.41, 5.74) is 0. The molecule has 0 unspecified atom stereocenters. The summed E-state index contributed by atoms with van der Waals surface area (Å²) in [4.78, 5) is 0. The summed E-state index contributed by atoms with van der Waals surface area (Å²) in [5.74, 6) is -6.77. The van der Waals surface area contributed by atoms with Crippen molar-refractivity contribution in [1.29, 1.82) is 0 Å². The second kappa shape index (κ2) is 2.94. The second-order valence-corrected chi connectivity index (χ2v) is 3.34. The first kappa shape index (κ1) is 10.6. The number of hydrogen-bond donors (Lipinski definition) is 0. The highest BCUT2D eigenvalue weighted by atomic mass is 32.2. The Labute approximate surface area is 60.2 Å². The van der Waals surface area contributed by atoms with Crippen LogP contribution in [0.2, 0.25) is 0 Å². The molecule has 0 aromatic heterocycles. The van der Waals surface area contributed by atoms with Crippen LogP contribution >= 0.6 is 0 Å². The predicted octanol–water partition coefficient (Wildman–Crippen LogP) is 0.500. The third-order valence-electron chi connectivity index (χ3n) is 0.702. The highest BCUT2D eigenvalue weighted by Crippen LogP contribution is 2.23. The van der Waals surface area contributed by atoms with Crippen molar-refractivity contribution in [1.82, 2.24) is 5.14 Å². The lowest BCUT2D eigenvalue weighted by molar-refractivity contribution is -0.111. The molecule has 3 nitrogen and oxygen atoms in total. The van der Waals surface area contributed by atoms with Crippen molar-refractivity contribution in [3.8, 4) is 0 Å². The Hall–Kier alpha value is -0.370. The largest absolute Gasteiger partial charge is 0.322 e. The molecule has 0 heterocycles. The van der Waals surface area contributed by atoms with E-state index in [1.807, 2.05) is 0 Å². The van der Waals surface area contributed by atoms with Crippen LogP contribution < -0.4 is 5.14 Å². The van der Waals surface area contributed by atoms with Gasteiger partial charge in [-0.1, -0.05) is 0 Å². The molecule has 0 saturated heterocycles. The van der Waals surface area contributed by atoms with Crippen LogP contribution in [0, 0.1) is 0 Å². The monoisotopic (exact) mass is 194 g/mol. The van der Waals surface area contributed by atoms with Gasteiger partial charge in [0, 0.05) is 0 Å². The van der Waals surface area contributed by atoms with E-state index in [1.54, 1.807) is 0 Å². The number of hydrogen-bond acceptors (Lipinski definition) is 2. The summed E-state index contributed by atoms with van der Waals surface area (Å²) < 4.78 is 65.7. The third kappa shape index (κ3) is 4.14. The molecular formula is C3H4F4NO2S. The van der Waals surface area contributed by atoms with Gasteiger partial charge in [-0.05, 0) is 0 Å². The van der Waals surface area contributed by atoms with Gasteiger partial charge in [0.25, 0.3) is 0 Å². The third-order valence-corrected chi connectivity index (χ3v) is 1.47. The summed E-state index contributed by atoms with van der Waals surface area (Å²) in [7, 11) is -4.81. The van der Waals surface area contributed by atoms with Gasteiger partial charge in [-0.15, -0.1) is 5.14 Å². The summed E-state index contributed by atoms with van der Waals surface area (Å²) >= 11 is 0. The average molecular weight is 194 g/mol. The van der Waals surface area contributed by atoms with E-state index in [2.05, 4.69) is 0 Å². The van der Waals surface area contributed by atoms with Crippen LogP contribution in [-0.4, -0.2) is 26.5 Å². The van der Waals surface area contributed by atoms with E-state index in [0.717, 1.165) is 0 Å². The van der Waals surface area contributed by atoms with Crippen LogP contribution in [0.25, 0.3) is 0 Å². The molecule has 0 aliphatic heterocycles. The molecule has 0 bridgehead atoms. The molecular weight excluding hydrogens is 190 g/mol. The Balaban J connectivity index is 4.38. The lowest BCUT2D eigenvalue weighted by atomic mass is 10.4. The summed E-state index contributed by atoms with van der Waals surface area (Å²) in [6, 6.07) is 0. The Bertz CT molecular complexity index is 223. The highest BCUT2D eigenvalue weighted by molar-refractivity contribution is 7.88. The fourth-order valence-corrected chi connectivity index (χ4v) is 0.949. The number of nitrogens with one attached hydrogen (secondary N) is 1. The van der Waals surface area contributed by atoms with Crippen molar-refractivity contribution in [2.24, 2.45) is 0 Å². The fraction of sp³-hybridized carbons (Fsp3) is 1.00. The van der Waals surface area contributed by atoms with Crippen LogP contribution in [0.4, 0.5) is 17.6 Å². The molecule has 0 saturated carbocycles. The summed E-state index contributed by atoms with van der Waals surface area (Å²) in [6.45, 7) is 0. The zero-order chi connectivity index (χ0) is 9.28. The van der Waals surface area contributed by atoms with Gasteiger partial charge in [-0.25, -0.2) is 17.2 Å². The number of sulfonamides is 1. The SMILES string of the molecule is [NH]S(=O)(=O)CC(F)(F)C(F)F. The first-order valence-electron chi connectivity index (χ1n) is 2.28. The Morgan fingerprint density at radius 3 is 1.82 bits per heavy atom. The zero-order valence-corrected chi connectivity index (χ0v) is 5.84. The smallest absolute Gasteiger partial charge is 0.211 e. The standard InChI is InChI=1S/C3H4F4NO2S/c4-2(5)3(6,7)1-11(8,9)10/h2,8H,1H2. The van der Waals surface area contributed by atoms with E-state index in [9.17, 15) is 26.0 Å². The molecule has 0 rings (SSSR count). The Kier molecular flexibility index (Phi) is 2.84. The molecule has 67 valence electrons. The zero-order valence-electron chi connectivity index (χ0n) is 5.02. The van der Waals surface area contributed by atoms with Crippen LogP contribution in [0.3, 0.4) is 0 Å². The van der Waals surface area contributed by atoms with Gasteiger partial charge >= 0.3 is 12.3 Å². The molecule has 0 aliphatic carbocycles. The quantitative estimate of drug-likeness (QED) is 0.614. The van der Waals surface area contributed by atoms with E-state index in [-0.39, 0.29) is 0 Å². The highest BCUT2D eigenvalue weighted by Gasteiger charge is 2.44. The molecule has 1 radical (unpaired) electrons. The van der Waals surface area contributed by atoms with Crippen molar-refractivity contribution in [3.63, 3.8) is 0 Å². The van der Waals surface area contributed by atoms with Crippen LogP contribution in [0.1, 0.15) is 0 Å². The second-order valence-electron chi connectivity index (χ2n) is 1.82. The van der Waals surface area contributed by atoms with Gasteiger partial charge in [0.15, 0.2) is 0 Å². The van der Waals surface area contributed by atoms with Gasteiger partial charge in [0.05, 0.1) is 0 Å². The number of halogens is 4. The maximum Gasteiger partial charge on any atom is 0.322 e. The molecule has 0 amide bonds. The van der Waals surface area contributed by atoms with Crippen molar-refractivity contribution in [2.45, 2.75) is 12.3 Å². The fourth-order valence-electron chi connectivity index (χ4n) is 0.316. The molecule has 1 N–H and O–H groups in total. The van der Waals surface area contributed by atoms with Crippen LogP contribution in [-0.2, 0) is 10.0 Å². The topological polar surface area (TPSA) is 57.9 Å². The molecule has 0 aromatic rings. The van der Waals surface area contributed by atoms with E-state index < -0.39 is 28.1 Å². The Morgan fingerprint density at radius 1 is 1.36 bits per heavy atom. The van der Waals surface area contributed by atoms with Crippen LogP contribution in [0.15, 0.2) is 0 Å². The molecule has 0 atom stereocenters. The summed E-state index contributed by atoms with van der Waals surface area (Å²) in [5, 5.41) is 5.94. The van der Waals surface area contributed by atoms with Gasteiger partial charge in [0.2, 0.25) is 10.0 Å². The van der Waals surface area contributed by atoms with Gasteiger partial charge in [-0.2, -0.15) is 8.78 Å². The first-order valence-corrected chi connectivity index (χ1v) is 3.94. The maximum absolute atomic E-state index is 11.8. The molecule has 0 spiro atoms. The van der Waals surface area contributed by atoms with Crippen LogP contribution in [0.5, 0.6) is 0 Å². The average Bonchev–Trinajstić information content (AvgIpc) is 1.56. The molecule has 0 fully saturated rings. The van der Waals surface area contributed by atoms with Gasteiger partial charge in [-0.3, -0.25) is 0 Å². The normalized spacial score (nSPS) is 14.0. The number of rotatable bonds is 3. The maximum atomic E-state index is 11.8. The lowest BCUT2D eigenvalue weighted by Gasteiger charge is -2.12. The van der Waals surface area contributed by atoms with E-state index in [4.69, 9.17) is 5.14 Å². The molecule has 0 aliphatic rings. The minimum atomic E-state index is -4.81. The minimum absolute atomic E-state index is 2.14. The van der Waals surface area contributed by atoms with Crippen molar-refractivity contribution in [2.75, 3.05) is 5.75 Å². The van der Waals surface area contributed by atoms with E-state index in [0.29, 0.717) is 0 Å². The minimum Gasteiger partial charge on any atom is -0.211 e. The first-order chi connectivity index (χ1) is 4.65. The van der Waals surface area contributed by atoms with Gasteiger partial charge in [0.1, 0.15) is 5.75 Å². The van der Waals surface area contributed by atoms with Crippen molar-refractivity contribution < 1.29 is 26.0 Å². The molecule has 11 heavy (non-hydrogen) atoms. The Morgan fingerprint density at radius 2 is 1.73 bits per heavy atom. The lowest BCUT2D eigenvalue weighted by Crippen LogP contribution is -2.35. The molecule has 0 aromatic carbocycles. The summed E-state index contributed by atoms with van der Waals surface area (Å²) in [6.07, 6.45) is -4.05. The predicted molar refractivity (Wildman–Crippen MR) is 27.8 cm³/mol. The van der Waals surface area contributed by atoms with Crippen molar-refractivity contribution >= 4 is 10.0 Å². The van der Waals surface area contributed by atoms with Crippen molar-refractivity contribution in [3.05, 3.63) is 0 Å². The van der Waals surface area contributed by atoms with Gasteiger partial charge < -0.3 is 0 Å².